The maximum absolute atomic E-state index is 10.5. The SMILES string of the molecule is CCCCN(CC)Cc1c(CCC)nc2cc(/C=C/CC=O)ccn12.NO. The summed E-state index contributed by atoms with van der Waals surface area (Å²) in [5.41, 5.74) is 4.62. The molecule has 3 N–H and O–H groups in total. The predicted octanol–water partition coefficient (Wildman–Crippen LogP) is 3.85. The Kier molecular flexibility index (Phi) is 11.2. The molecule has 6 heteroatoms. The first-order valence-electron chi connectivity index (χ1n) is 9.81. The van der Waals surface area contributed by atoms with Gasteiger partial charge in [0.1, 0.15) is 11.9 Å². The number of fused-ring (bicyclic) bond motifs is 1. The molecular formula is C21H34N4O2. The van der Waals surface area contributed by atoms with Crippen molar-refractivity contribution in [2.75, 3.05) is 13.1 Å². The molecule has 0 amide bonds. The minimum atomic E-state index is 0.453. The second kappa shape index (κ2) is 13.2. The average molecular weight is 375 g/mol. The van der Waals surface area contributed by atoms with E-state index in [4.69, 9.17) is 10.2 Å². The summed E-state index contributed by atoms with van der Waals surface area (Å²) in [6.07, 6.45) is 11.9. The number of unbranched alkanes of at least 4 members (excludes halogenated alkanes) is 1. The van der Waals surface area contributed by atoms with Gasteiger partial charge in [-0.1, -0.05) is 45.8 Å². The number of allylic oxidation sites excluding steroid dienone is 1. The quantitative estimate of drug-likeness (QED) is 0.461. The van der Waals surface area contributed by atoms with Gasteiger partial charge in [-0.2, -0.15) is 0 Å². The summed E-state index contributed by atoms with van der Waals surface area (Å²) in [6.45, 7) is 9.82. The van der Waals surface area contributed by atoms with Gasteiger partial charge in [0.05, 0.1) is 11.4 Å². The molecule has 0 atom stereocenters. The largest absolute Gasteiger partial charge is 0.320 e. The summed E-state index contributed by atoms with van der Waals surface area (Å²) in [6, 6.07) is 4.20. The van der Waals surface area contributed by atoms with E-state index in [2.05, 4.69) is 54.3 Å². The number of nitrogens with two attached hydrogens (primary N) is 1. The third kappa shape index (κ3) is 6.90. The number of carbonyl (C=O) groups excluding carboxylic acids is 1. The van der Waals surface area contributed by atoms with Gasteiger partial charge in [-0.05, 0) is 43.6 Å². The summed E-state index contributed by atoms with van der Waals surface area (Å²) in [7, 11) is 0. The molecule has 0 saturated heterocycles. The summed E-state index contributed by atoms with van der Waals surface area (Å²) in [4.78, 5) is 17.9. The zero-order chi connectivity index (χ0) is 20.1. The summed E-state index contributed by atoms with van der Waals surface area (Å²) < 4.78 is 2.23. The molecule has 2 aromatic rings. The molecule has 0 saturated carbocycles. The van der Waals surface area contributed by atoms with Crippen LogP contribution >= 0.6 is 0 Å². The van der Waals surface area contributed by atoms with E-state index in [1.54, 1.807) is 0 Å². The van der Waals surface area contributed by atoms with Gasteiger partial charge in [0, 0.05) is 19.2 Å². The van der Waals surface area contributed by atoms with Crippen LogP contribution in [0.5, 0.6) is 0 Å². The average Bonchev–Trinajstić information content (AvgIpc) is 3.03. The van der Waals surface area contributed by atoms with Gasteiger partial charge in [-0.3, -0.25) is 4.90 Å². The lowest BCUT2D eigenvalue weighted by Crippen LogP contribution is -2.25. The lowest BCUT2D eigenvalue weighted by Gasteiger charge is -2.20. The van der Waals surface area contributed by atoms with Crippen LogP contribution < -0.4 is 5.90 Å². The Labute approximate surface area is 162 Å². The van der Waals surface area contributed by atoms with Crippen LogP contribution in [-0.2, 0) is 17.8 Å². The van der Waals surface area contributed by atoms with Crippen LogP contribution in [0, 0.1) is 0 Å². The van der Waals surface area contributed by atoms with E-state index in [0.717, 1.165) is 50.0 Å². The Bertz CT molecular complexity index is 710. The first kappa shape index (κ1) is 23.0. The monoisotopic (exact) mass is 374 g/mol. The molecule has 0 unspecified atom stereocenters. The summed E-state index contributed by atoms with van der Waals surface area (Å²) in [5, 5.41) is 6.50. The number of hydrogen-bond acceptors (Lipinski definition) is 5. The number of pyridine rings is 1. The topological polar surface area (TPSA) is 83.9 Å². The van der Waals surface area contributed by atoms with Crippen molar-refractivity contribution in [3.05, 3.63) is 41.4 Å². The van der Waals surface area contributed by atoms with Crippen molar-refractivity contribution < 1.29 is 10.0 Å². The Morgan fingerprint density at radius 2 is 2.04 bits per heavy atom. The number of aryl methyl sites for hydroxylation is 1. The molecule has 0 bridgehead atoms. The van der Waals surface area contributed by atoms with Crippen LogP contribution in [0.25, 0.3) is 11.7 Å². The summed E-state index contributed by atoms with van der Waals surface area (Å²) in [5.74, 6) is 3.50. The molecular weight excluding hydrogens is 340 g/mol. The molecule has 0 aliphatic heterocycles. The van der Waals surface area contributed by atoms with Crippen LogP contribution in [0.2, 0.25) is 0 Å². The Balaban J connectivity index is 0.00000176. The molecule has 0 aliphatic carbocycles. The molecule has 0 radical (unpaired) electrons. The fourth-order valence-corrected chi connectivity index (χ4v) is 3.07. The van der Waals surface area contributed by atoms with E-state index in [0.29, 0.717) is 6.42 Å². The van der Waals surface area contributed by atoms with Crippen LogP contribution in [0.15, 0.2) is 24.4 Å². The normalized spacial score (nSPS) is 11.2. The molecule has 27 heavy (non-hydrogen) atoms. The molecule has 2 heterocycles. The minimum Gasteiger partial charge on any atom is -0.320 e. The van der Waals surface area contributed by atoms with Crippen molar-refractivity contribution in [2.45, 2.75) is 59.4 Å². The number of hydrogen-bond donors (Lipinski definition) is 2. The maximum atomic E-state index is 10.5. The Morgan fingerprint density at radius 1 is 1.26 bits per heavy atom. The number of aromatic nitrogens is 2. The van der Waals surface area contributed by atoms with Gasteiger partial charge in [0.2, 0.25) is 0 Å². The minimum absolute atomic E-state index is 0.453. The third-order valence-corrected chi connectivity index (χ3v) is 4.51. The van der Waals surface area contributed by atoms with Crippen LogP contribution in [0.3, 0.4) is 0 Å². The van der Waals surface area contributed by atoms with E-state index >= 15 is 0 Å². The van der Waals surface area contributed by atoms with E-state index in [9.17, 15) is 4.79 Å². The van der Waals surface area contributed by atoms with E-state index in [1.165, 1.54) is 24.2 Å². The predicted molar refractivity (Wildman–Crippen MR) is 111 cm³/mol. The fourth-order valence-electron chi connectivity index (χ4n) is 3.07. The van der Waals surface area contributed by atoms with Crippen molar-refractivity contribution in [3.63, 3.8) is 0 Å². The third-order valence-electron chi connectivity index (χ3n) is 4.51. The molecule has 150 valence electrons. The molecule has 2 rings (SSSR count). The van der Waals surface area contributed by atoms with Gasteiger partial charge in [-0.25, -0.2) is 10.9 Å². The van der Waals surface area contributed by atoms with Crippen molar-refractivity contribution in [1.82, 2.24) is 14.3 Å². The van der Waals surface area contributed by atoms with E-state index < -0.39 is 0 Å². The van der Waals surface area contributed by atoms with Crippen LogP contribution in [0.1, 0.15) is 63.4 Å². The highest BCUT2D eigenvalue weighted by Crippen LogP contribution is 2.19. The number of carbonyl (C=O) groups is 1. The first-order valence-corrected chi connectivity index (χ1v) is 9.81. The van der Waals surface area contributed by atoms with Crippen molar-refractivity contribution >= 4 is 18.0 Å². The summed E-state index contributed by atoms with van der Waals surface area (Å²) >= 11 is 0. The van der Waals surface area contributed by atoms with Gasteiger partial charge in [0.25, 0.3) is 0 Å². The van der Waals surface area contributed by atoms with Crippen molar-refractivity contribution in [1.29, 1.82) is 0 Å². The molecule has 0 aliphatic rings. The van der Waals surface area contributed by atoms with Gasteiger partial charge < -0.3 is 14.4 Å². The zero-order valence-electron chi connectivity index (χ0n) is 16.9. The number of rotatable bonds is 11. The van der Waals surface area contributed by atoms with Gasteiger partial charge >= 0.3 is 0 Å². The van der Waals surface area contributed by atoms with Crippen molar-refractivity contribution in [2.24, 2.45) is 5.90 Å². The number of imidazole rings is 1. The smallest absolute Gasteiger partial charge is 0.137 e. The van der Waals surface area contributed by atoms with Crippen LogP contribution in [-0.4, -0.2) is 38.9 Å². The standard InChI is InChI=1S/C21H31N3O.H3NO/c1-4-7-13-23(6-3)17-20-19(10-5-2)22-21-16-18(11-8-9-15-25)12-14-24(20)21;1-2/h8,11-12,14-16H,4-7,9-10,13,17H2,1-3H3;2H,1H2/b11-8+;. The fraction of sp³-hybridized carbons (Fsp3) is 0.524. The van der Waals surface area contributed by atoms with Gasteiger partial charge in [0.15, 0.2) is 0 Å². The lowest BCUT2D eigenvalue weighted by atomic mass is 10.2. The number of nitrogens with zero attached hydrogens (tertiary/aromatic N) is 3. The second-order valence-corrected chi connectivity index (χ2v) is 6.47. The highest BCUT2D eigenvalue weighted by Gasteiger charge is 2.14. The number of aldehydes is 1. The molecule has 0 fully saturated rings. The molecule has 0 spiro atoms. The molecule has 0 aromatic carbocycles. The van der Waals surface area contributed by atoms with Gasteiger partial charge in [-0.15, -0.1) is 0 Å². The molecule has 2 aromatic heterocycles. The highest BCUT2D eigenvalue weighted by atomic mass is 16.4. The maximum Gasteiger partial charge on any atom is 0.137 e. The molecule has 6 nitrogen and oxygen atoms in total. The van der Waals surface area contributed by atoms with E-state index in [-0.39, 0.29) is 0 Å². The second-order valence-electron chi connectivity index (χ2n) is 6.47. The Morgan fingerprint density at radius 3 is 2.67 bits per heavy atom. The first-order chi connectivity index (χ1) is 13.2. The lowest BCUT2D eigenvalue weighted by molar-refractivity contribution is -0.107. The zero-order valence-corrected chi connectivity index (χ0v) is 16.9. The highest BCUT2D eigenvalue weighted by molar-refractivity contribution is 5.60. The van der Waals surface area contributed by atoms with E-state index in [1.807, 2.05) is 12.2 Å². The van der Waals surface area contributed by atoms with Crippen LogP contribution in [0.4, 0.5) is 0 Å². The van der Waals surface area contributed by atoms with Crippen molar-refractivity contribution in [3.8, 4) is 0 Å². The Hall–Kier alpha value is -2.02.